The third kappa shape index (κ3) is 2.99. The van der Waals surface area contributed by atoms with Crippen LogP contribution in [0.1, 0.15) is 46.0 Å². The van der Waals surface area contributed by atoms with Crippen molar-refractivity contribution in [3.05, 3.63) is 0 Å². The van der Waals surface area contributed by atoms with Crippen LogP contribution in [0.25, 0.3) is 0 Å². The fourth-order valence-electron chi connectivity index (χ4n) is 3.27. The first-order valence-corrected chi connectivity index (χ1v) is 8.51. The average Bonchev–Trinajstić information content (AvgIpc) is 2.91. The third-order valence-corrected chi connectivity index (χ3v) is 5.52. The quantitative estimate of drug-likeness (QED) is 0.600. The van der Waals surface area contributed by atoms with Crippen LogP contribution in [0.4, 0.5) is 0 Å². The number of aliphatic hydroxyl groups excluding tert-OH is 1. The second-order valence-electron chi connectivity index (χ2n) is 6.43. The van der Waals surface area contributed by atoms with Crippen molar-refractivity contribution < 1.29 is 27.6 Å². The van der Waals surface area contributed by atoms with Gasteiger partial charge in [0, 0.05) is 5.92 Å². The molecule has 2 aliphatic rings. The summed E-state index contributed by atoms with van der Waals surface area (Å²) in [5, 5.41) is 9.64. The number of hydrogen-bond acceptors (Lipinski definition) is 5. The molecule has 116 valence electrons. The molecule has 7 heteroatoms. The number of ether oxygens (including phenoxy) is 1. The summed E-state index contributed by atoms with van der Waals surface area (Å²) in [7, 11) is -4.56. The van der Waals surface area contributed by atoms with E-state index in [0.717, 1.165) is 32.1 Å². The van der Waals surface area contributed by atoms with Gasteiger partial charge in [-0.15, -0.1) is 0 Å². The van der Waals surface area contributed by atoms with Crippen molar-refractivity contribution in [1.82, 2.24) is 0 Å². The van der Waals surface area contributed by atoms with Gasteiger partial charge in [-0.2, -0.15) is 8.42 Å². The molecular weight excluding hydrogens is 284 g/mol. The van der Waals surface area contributed by atoms with Crippen LogP contribution >= 0.6 is 0 Å². The molecule has 2 fully saturated rings. The Bertz CT molecular complexity index is 477. The summed E-state index contributed by atoms with van der Waals surface area (Å²) in [5.41, 5.74) is -2.61. The van der Waals surface area contributed by atoms with Gasteiger partial charge in [0.05, 0.1) is 5.92 Å². The highest BCUT2D eigenvalue weighted by molar-refractivity contribution is 7.86. The first kappa shape index (κ1) is 15.7. The van der Waals surface area contributed by atoms with Crippen LogP contribution in [0.15, 0.2) is 0 Å². The molecule has 0 aromatic rings. The van der Waals surface area contributed by atoms with Gasteiger partial charge in [0.1, 0.15) is 6.10 Å². The van der Waals surface area contributed by atoms with Crippen LogP contribution in [0.2, 0.25) is 0 Å². The SMILES string of the molecule is CC1(C)C(C(=O)OC2CCCCC2)C1C(O)S(=O)(=O)O. The topological polar surface area (TPSA) is 101 Å². The number of carbonyl (C=O) groups excluding carboxylic acids is 1. The van der Waals surface area contributed by atoms with Gasteiger partial charge in [-0.1, -0.05) is 20.3 Å². The zero-order chi connectivity index (χ0) is 15.1. The zero-order valence-corrected chi connectivity index (χ0v) is 12.6. The standard InChI is InChI=1S/C13H22O6S/c1-13(2)9(10(13)12(15)20(16,17)18)11(14)19-8-6-4-3-5-7-8/h8-10,12,15H,3-7H2,1-2H3,(H,16,17,18). The first-order valence-electron chi connectivity index (χ1n) is 7.00. The second-order valence-corrected chi connectivity index (χ2v) is 7.94. The van der Waals surface area contributed by atoms with E-state index in [9.17, 15) is 18.3 Å². The van der Waals surface area contributed by atoms with Crippen LogP contribution < -0.4 is 0 Å². The molecule has 2 saturated carbocycles. The molecule has 0 radical (unpaired) electrons. The van der Waals surface area contributed by atoms with Gasteiger partial charge >= 0.3 is 5.97 Å². The molecule has 0 aromatic carbocycles. The lowest BCUT2D eigenvalue weighted by atomic mass is 9.98. The second kappa shape index (κ2) is 5.27. The Hall–Kier alpha value is -0.660. The van der Waals surface area contributed by atoms with Gasteiger partial charge in [-0.25, -0.2) is 0 Å². The maximum Gasteiger partial charge on any atom is 0.310 e. The van der Waals surface area contributed by atoms with Crippen molar-refractivity contribution in [2.45, 2.75) is 57.5 Å². The number of carbonyl (C=O) groups is 1. The maximum absolute atomic E-state index is 12.1. The van der Waals surface area contributed by atoms with Crippen molar-refractivity contribution in [3.63, 3.8) is 0 Å². The molecule has 2 aliphatic carbocycles. The molecule has 3 unspecified atom stereocenters. The Balaban J connectivity index is 2.00. The molecule has 0 amide bonds. The molecule has 3 atom stereocenters. The van der Waals surface area contributed by atoms with E-state index in [1.54, 1.807) is 13.8 Å². The minimum absolute atomic E-state index is 0.101. The lowest BCUT2D eigenvalue weighted by Crippen LogP contribution is -2.26. The van der Waals surface area contributed by atoms with Gasteiger partial charge in [0.25, 0.3) is 10.1 Å². The predicted molar refractivity (Wildman–Crippen MR) is 71.3 cm³/mol. The predicted octanol–water partition coefficient (Wildman–Crippen LogP) is 1.34. The molecule has 2 rings (SSSR count). The molecule has 0 spiro atoms. The fourth-order valence-corrected chi connectivity index (χ4v) is 4.14. The highest BCUT2D eigenvalue weighted by atomic mass is 32.2. The monoisotopic (exact) mass is 306 g/mol. The maximum atomic E-state index is 12.1. The lowest BCUT2D eigenvalue weighted by molar-refractivity contribution is -0.153. The van der Waals surface area contributed by atoms with Crippen LogP contribution in [-0.4, -0.2) is 35.6 Å². The van der Waals surface area contributed by atoms with Crippen LogP contribution in [0.5, 0.6) is 0 Å². The minimum atomic E-state index is -4.56. The van der Waals surface area contributed by atoms with Gasteiger partial charge < -0.3 is 9.84 Å². The van der Waals surface area contributed by atoms with E-state index in [0.29, 0.717) is 0 Å². The summed E-state index contributed by atoms with van der Waals surface area (Å²) in [6.07, 6.45) is 4.78. The largest absolute Gasteiger partial charge is 0.462 e. The Labute approximate surface area is 119 Å². The van der Waals surface area contributed by atoms with Crippen molar-refractivity contribution in [2.75, 3.05) is 0 Å². The molecule has 0 aliphatic heterocycles. The summed E-state index contributed by atoms with van der Waals surface area (Å²) in [6, 6.07) is 0. The van der Waals surface area contributed by atoms with Gasteiger partial charge in [-0.05, 0) is 31.1 Å². The minimum Gasteiger partial charge on any atom is -0.462 e. The summed E-state index contributed by atoms with van der Waals surface area (Å²) < 4.78 is 36.4. The fraction of sp³-hybridized carbons (Fsp3) is 0.923. The number of aliphatic hydroxyl groups is 1. The van der Waals surface area contributed by atoms with Crippen molar-refractivity contribution >= 4 is 16.1 Å². The summed E-state index contributed by atoms with van der Waals surface area (Å²) in [5.74, 6) is -1.95. The Morgan fingerprint density at radius 3 is 2.30 bits per heavy atom. The van der Waals surface area contributed by atoms with Crippen molar-refractivity contribution in [2.24, 2.45) is 17.3 Å². The molecule has 0 saturated heterocycles. The van der Waals surface area contributed by atoms with E-state index < -0.39 is 38.8 Å². The Morgan fingerprint density at radius 1 is 1.25 bits per heavy atom. The molecule has 0 heterocycles. The molecule has 6 nitrogen and oxygen atoms in total. The zero-order valence-electron chi connectivity index (χ0n) is 11.8. The molecule has 0 aromatic heterocycles. The third-order valence-electron chi connectivity index (χ3n) is 4.61. The van der Waals surface area contributed by atoms with Gasteiger partial charge in [0.2, 0.25) is 0 Å². The van der Waals surface area contributed by atoms with E-state index in [-0.39, 0.29) is 6.10 Å². The summed E-state index contributed by atoms with van der Waals surface area (Å²) >= 11 is 0. The normalized spacial score (nSPS) is 31.6. The summed E-state index contributed by atoms with van der Waals surface area (Å²) in [4.78, 5) is 12.1. The Morgan fingerprint density at radius 2 is 1.80 bits per heavy atom. The van der Waals surface area contributed by atoms with Crippen molar-refractivity contribution in [3.8, 4) is 0 Å². The smallest absolute Gasteiger partial charge is 0.310 e. The number of hydrogen-bond donors (Lipinski definition) is 2. The lowest BCUT2D eigenvalue weighted by Gasteiger charge is -2.22. The number of rotatable bonds is 4. The molecule has 0 bridgehead atoms. The highest BCUT2D eigenvalue weighted by Gasteiger charge is 2.68. The van der Waals surface area contributed by atoms with E-state index in [1.807, 2.05) is 0 Å². The van der Waals surface area contributed by atoms with E-state index >= 15 is 0 Å². The molecular formula is C13H22O6S. The first-order chi connectivity index (χ1) is 9.15. The molecule has 20 heavy (non-hydrogen) atoms. The van der Waals surface area contributed by atoms with Crippen molar-refractivity contribution in [1.29, 1.82) is 0 Å². The van der Waals surface area contributed by atoms with Crippen LogP contribution in [0, 0.1) is 17.3 Å². The Kier molecular flexibility index (Phi) is 4.15. The van der Waals surface area contributed by atoms with Gasteiger partial charge in [-0.3, -0.25) is 9.35 Å². The highest BCUT2D eigenvalue weighted by Crippen LogP contribution is 2.61. The average molecular weight is 306 g/mol. The van der Waals surface area contributed by atoms with Crippen LogP contribution in [0.3, 0.4) is 0 Å². The summed E-state index contributed by atoms with van der Waals surface area (Å²) in [6.45, 7) is 3.39. The van der Waals surface area contributed by atoms with Gasteiger partial charge in [0.15, 0.2) is 5.44 Å². The van der Waals surface area contributed by atoms with E-state index in [2.05, 4.69) is 0 Å². The molecule has 2 N–H and O–H groups in total. The van der Waals surface area contributed by atoms with Crippen LogP contribution in [-0.2, 0) is 19.6 Å². The van der Waals surface area contributed by atoms with E-state index in [4.69, 9.17) is 9.29 Å². The van der Waals surface area contributed by atoms with E-state index in [1.165, 1.54) is 0 Å². The number of esters is 1.